The molecule has 0 spiro atoms. The molecular formula is C17H16FN3O2. The lowest BCUT2D eigenvalue weighted by Crippen LogP contribution is -2.12. The zero-order chi connectivity index (χ0) is 16.7. The Morgan fingerprint density at radius 2 is 2.00 bits per heavy atom. The van der Waals surface area contributed by atoms with E-state index in [0.717, 1.165) is 0 Å². The lowest BCUT2D eigenvalue weighted by Gasteiger charge is -2.11. The van der Waals surface area contributed by atoms with Gasteiger partial charge in [-0.1, -0.05) is 0 Å². The summed E-state index contributed by atoms with van der Waals surface area (Å²) < 4.78 is 19.0. The summed E-state index contributed by atoms with van der Waals surface area (Å²) in [5.41, 5.74) is 1.39. The molecule has 2 N–H and O–H groups in total. The number of nitriles is 1. The third kappa shape index (κ3) is 5.00. The van der Waals surface area contributed by atoms with Crippen LogP contribution in [0, 0.1) is 17.1 Å². The Morgan fingerprint density at radius 1 is 1.26 bits per heavy atom. The van der Waals surface area contributed by atoms with Crippen LogP contribution in [0.15, 0.2) is 42.5 Å². The van der Waals surface area contributed by atoms with Crippen LogP contribution >= 0.6 is 0 Å². The van der Waals surface area contributed by atoms with E-state index in [-0.39, 0.29) is 11.6 Å². The number of carbonyl (C=O) groups is 1. The van der Waals surface area contributed by atoms with Gasteiger partial charge in [-0.2, -0.15) is 5.26 Å². The van der Waals surface area contributed by atoms with Crippen LogP contribution in [-0.4, -0.2) is 19.1 Å². The van der Waals surface area contributed by atoms with Crippen molar-refractivity contribution in [3.05, 3.63) is 53.8 Å². The fraction of sp³-hybridized carbons (Fsp3) is 0.176. The average molecular weight is 313 g/mol. The second-order valence-electron chi connectivity index (χ2n) is 4.79. The molecule has 0 unspecified atom stereocenters. The van der Waals surface area contributed by atoms with Crippen LogP contribution in [-0.2, 0) is 4.79 Å². The van der Waals surface area contributed by atoms with Gasteiger partial charge in [0.15, 0.2) is 0 Å². The lowest BCUT2D eigenvalue weighted by molar-refractivity contribution is -0.114. The van der Waals surface area contributed by atoms with Crippen molar-refractivity contribution in [2.24, 2.45) is 0 Å². The van der Waals surface area contributed by atoms with Crippen molar-refractivity contribution in [2.75, 3.05) is 23.8 Å². The monoisotopic (exact) mass is 313 g/mol. The zero-order valence-corrected chi connectivity index (χ0v) is 12.6. The van der Waals surface area contributed by atoms with Crippen molar-refractivity contribution in [1.82, 2.24) is 0 Å². The molecular weight excluding hydrogens is 297 g/mol. The molecule has 0 fully saturated rings. The summed E-state index contributed by atoms with van der Waals surface area (Å²) in [5, 5.41) is 14.2. The Bertz CT molecular complexity index is 724. The predicted molar refractivity (Wildman–Crippen MR) is 85.8 cm³/mol. The smallest absolute Gasteiger partial charge is 0.221 e. The molecule has 23 heavy (non-hydrogen) atoms. The Kier molecular flexibility index (Phi) is 5.53. The molecule has 2 aromatic rings. The number of ether oxygens (including phenoxy) is 1. The van der Waals surface area contributed by atoms with Gasteiger partial charge in [0, 0.05) is 19.2 Å². The molecule has 0 aliphatic rings. The van der Waals surface area contributed by atoms with E-state index in [1.807, 2.05) is 6.07 Å². The summed E-state index contributed by atoms with van der Waals surface area (Å²) in [7, 11) is 0. The van der Waals surface area contributed by atoms with Crippen LogP contribution in [0.25, 0.3) is 0 Å². The Hall–Kier alpha value is -3.07. The van der Waals surface area contributed by atoms with Crippen LogP contribution in [0.4, 0.5) is 15.8 Å². The number of carbonyl (C=O) groups excluding carboxylic acids is 1. The highest BCUT2D eigenvalue weighted by atomic mass is 19.1. The van der Waals surface area contributed by atoms with E-state index < -0.39 is 5.82 Å². The van der Waals surface area contributed by atoms with Gasteiger partial charge < -0.3 is 15.4 Å². The van der Waals surface area contributed by atoms with Crippen molar-refractivity contribution in [1.29, 1.82) is 5.26 Å². The number of halogens is 1. The molecule has 118 valence electrons. The molecule has 6 heteroatoms. The molecule has 0 saturated carbocycles. The van der Waals surface area contributed by atoms with Gasteiger partial charge in [-0.3, -0.25) is 4.79 Å². The van der Waals surface area contributed by atoms with Gasteiger partial charge in [0.2, 0.25) is 5.91 Å². The van der Waals surface area contributed by atoms with Gasteiger partial charge in [-0.15, -0.1) is 0 Å². The molecule has 0 heterocycles. The van der Waals surface area contributed by atoms with Crippen molar-refractivity contribution < 1.29 is 13.9 Å². The summed E-state index contributed by atoms with van der Waals surface area (Å²) in [6, 6.07) is 13.3. The van der Waals surface area contributed by atoms with E-state index >= 15 is 0 Å². The first kappa shape index (κ1) is 16.3. The van der Waals surface area contributed by atoms with Crippen molar-refractivity contribution in [3.8, 4) is 11.8 Å². The zero-order valence-electron chi connectivity index (χ0n) is 12.6. The van der Waals surface area contributed by atoms with Gasteiger partial charge in [0.1, 0.15) is 18.2 Å². The van der Waals surface area contributed by atoms with E-state index in [1.54, 1.807) is 30.3 Å². The summed E-state index contributed by atoms with van der Waals surface area (Å²) in [4.78, 5) is 11.0. The second kappa shape index (κ2) is 7.80. The summed E-state index contributed by atoms with van der Waals surface area (Å²) in [6.07, 6.45) is 0. The van der Waals surface area contributed by atoms with Crippen LogP contribution in [0.2, 0.25) is 0 Å². The van der Waals surface area contributed by atoms with Crippen LogP contribution in [0.5, 0.6) is 5.75 Å². The quantitative estimate of drug-likeness (QED) is 0.803. The maximum absolute atomic E-state index is 13.5. The number of amides is 1. The number of hydrogen-bond acceptors (Lipinski definition) is 4. The summed E-state index contributed by atoms with van der Waals surface area (Å²) in [6.45, 7) is 2.23. The van der Waals surface area contributed by atoms with Gasteiger partial charge in [0.25, 0.3) is 0 Å². The largest absolute Gasteiger partial charge is 0.492 e. The van der Waals surface area contributed by atoms with Gasteiger partial charge in [-0.05, 0) is 42.5 Å². The minimum absolute atomic E-state index is 0.135. The van der Waals surface area contributed by atoms with Crippen molar-refractivity contribution in [3.63, 3.8) is 0 Å². The lowest BCUT2D eigenvalue weighted by atomic mass is 10.2. The van der Waals surface area contributed by atoms with Gasteiger partial charge in [-0.25, -0.2) is 4.39 Å². The van der Waals surface area contributed by atoms with E-state index in [4.69, 9.17) is 10.00 Å². The summed E-state index contributed by atoms with van der Waals surface area (Å²) in [5.74, 6) is -0.145. The molecule has 0 aliphatic heterocycles. The van der Waals surface area contributed by atoms with Crippen molar-refractivity contribution >= 4 is 17.3 Å². The molecule has 5 nitrogen and oxygen atoms in total. The first-order chi connectivity index (χ1) is 11.1. The van der Waals surface area contributed by atoms with E-state index in [1.165, 1.54) is 19.1 Å². The second-order valence-corrected chi connectivity index (χ2v) is 4.79. The van der Waals surface area contributed by atoms with Crippen molar-refractivity contribution in [2.45, 2.75) is 6.92 Å². The van der Waals surface area contributed by atoms with Crippen LogP contribution in [0.1, 0.15) is 12.5 Å². The number of hydrogen-bond donors (Lipinski definition) is 2. The summed E-state index contributed by atoms with van der Waals surface area (Å²) >= 11 is 0. The number of nitrogens with one attached hydrogen (secondary N) is 2. The highest BCUT2D eigenvalue weighted by Gasteiger charge is 2.05. The first-order valence-corrected chi connectivity index (χ1v) is 7.02. The van der Waals surface area contributed by atoms with E-state index in [9.17, 15) is 9.18 Å². The Labute approximate surface area is 133 Å². The standard InChI is InChI=1S/C17H16FN3O2/c1-12(22)21-17-10-14(4-7-16(17)18)20-8-9-23-15-5-2-13(11-19)3-6-15/h2-7,10,20H,8-9H2,1H3,(H,21,22). The third-order valence-electron chi connectivity index (χ3n) is 2.96. The molecule has 0 saturated heterocycles. The maximum Gasteiger partial charge on any atom is 0.221 e. The highest BCUT2D eigenvalue weighted by Crippen LogP contribution is 2.19. The number of nitrogens with zero attached hydrogens (tertiary/aromatic N) is 1. The van der Waals surface area contributed by atoms with E-state index in [0.29, 0.717) is 30.2 Å². The third-order valence-corrected chi connectivity index (χ3v) is 2.96. The molecule has 2 rings (SSSR count). The van der Waals surface area contributed by atoms with Crippen LogP contribution < -0.4 is 15.4 Å². The van der Waals surface area contributed by atoms with Gasteiger partial charge >= 0.3 is 0 Å². The fourth-order valence-electron chi connectivity index (χ4n) is 1.91. The SMILES string of the molecule is CC(=O)Nc1cc(NCCOc2ccc(C#N)cc2)ccc1F. The first-order valence-electron chi connectivity index (χ1n) is 7.02. The number of rotatable bonds is 6. The predicted octanol–water partition coefficient (Wildman–Crippen LogP) is 3.15. The molecule has 0 aliphatic carbocycles. The molecule has 1 amide bonds. The highest BCUT2D eigenvalue weighted by molar-refractivity contribution is 5.89. The Morgan fingerprint density at radius 3 is 2.65 bits per heavy atom. The minimum Gasteiger partial charge on any atom is -0.492 e. The molecule has 0 radical (unpaired) electrons. The topological polar surface area (TPSA) is 74.2 Å². The molecule has 0 aromatic heterocycles. The molecule has 0 atom stereocenters. The van der Waals surface area contributed by atoms with E-state index in [2.05, 4.69) is 10.6 Å². The normalized spacial score (nSPS) is 9.78. The molecule has 2 aromatic carbocycles. The van der Waals surface area contributed by atoms with Crippen LogP contribution in [0.3, 0.4) is 0 Å². The number of benzene rings is 2. The van der Waals surface area contributed by atoms with Gasteiger partial charge in [0.05, 0.1) is 17.3 Å². The number of anilines is 2. The molecule has 0 bridgehead atoms. The Balaban J connectivity index is 1.84. The minimum atomic E-state index is -0.486. The maximum atomic E-state index is 13.5. The fourth-order valence-corrected chi connectivity index (χ4v) is 1.91. The average Bonchev–Trinajstić information content (AvgIpc) is 2.54.